The highest BCUT2D eigenvalue weighted by Crippen LogP contribution is 2.32. The van der Waals surface area contributed by atoms with Crippen molar-refractivity contribution in [1.82, 2.24) is 20.5 Å². The molecule has 2 aliphatic heterocycles. The van der Waals surface area contributed by atoms with Crippen LogP contribution in [0.2, 0.25) is 0 Å². The second kappa shape index (κ2) is 9.58. The van der Waals surface area contributed by atoms with Crippen molar-refractivity contribution in [2.75, 3.05) is 0 Å². The lowest BCUT2D eigenvalue weighted by Crippen LogP contribution is -2.49. The summed E-state index contributed by atoms with van der Waals surface area (Å²) in [4.78, 5) is 31.5. The molecule has 3 aliphatic rings. The average Bonchev–Trinajstić information content (AvgIpc) is 3.15. The molecule has 3 heterocycles. The zero-order chi connectivity index (χ0) is 23.7. The summed E-state index contributed by atoms with van der Waals surface area (Å²) in [5, 5.41) is 6.45. The number of nitrogens with one attached hydrogen (secondary N) is 2. The highest BCUT2D eigenvalue weighted by molar-refractivity contribution is 6.01. The molecule has 1 aromatic heterocycles. The van der Waals surface area contributed by atoms with Gasteiger partial charge in [0.05, 0.1) is 0 Å². The number of hydrogen-bond acceptors (Lipinski definition) is 5. The SMILES string of the molecule is C=C1CCC(N2Cc3cc(O[C@@H]4CCCC[C@@H]4NCc4ccc(C)nc4)ccc3C2=O)C(=O)N1. The summed E-state index contributed by atoms with van der Waals surface area (Å²) < 4.78 is 6.45. The maximum atomic E-state index is 13.0. The maximum Gasteiger partial charge on any atom is 0.255 e. The van der Waals surface area contributed by atoms with Crippen LogP contribution in [0.5, 0.6) is 5.75 Å². The van der Waals surface area contributed by atoms with Gasteiger partial charge in [0, 0.05) is 42.3 Å². The summed E-state index contributed by atoms with van der Waals surface area (Å²) >= 11 is 0. The molecule has 2 amide bonds. The van der Waals surface area contributed by atoms with Crippen LogP contribution < -0.4 is 15.4 Å². The fraction of sp³-hybridized carbons (Fsp3) is 0.444. The third-order valence-electron chi connectivity index (χ3n) is 7.14. The first kappa shape index (κ1) is 22.6. The number of aromatic nitrogens is 1. The number of carbonyl (C=O) groups excluding carboxylic acids is 2. The first-order valence-corrected chi connectivity index (χ1v) is 12.2. The van der Waals surface area contributed by atoms with E-state index >= 15 is 0 Å². The molecule has 7 heteroatoms. The molecule has 2 aromatic rings. The number of fused-ring (bicyclic) bond motifs is 1. The molecular weight excluding hydrogens is 428 g/mol. The summed E-state index contributed by atoms with van der Waals surface area (Å²) in [6.45, 7) is 7.02. The normalized spacial score (nSPS) is 24.7. The quantitative estimate of drug-likeness (QED) is 0.688. The van der Waals surface area contributed by atoms with E-state index in [0.717, 1.165) is 48.5 Å². The largest absolute Gasteiger partial charge is 0.489 e. The molecule has 0 spiro atoms. The van der Waals surface area contributed by atoms with Crippen molar-refractivity contribution in [1.29, 1.82) is 0 Å². The minimum atomic E-state index is -0.446. The molecule has 3 atom stereocenters. The van der Waals surface area contributed by atoms with Crippen molar-refractivity contribution >= 4 is 11.8 Å². The molecule has 1 saturated carbocycles. The Kier molecular flexibility index (Phi) is 6.37. The van der Waals surface area contributed by atoms with E-state index in [1.165, 1.54) is 12.0 Å². The van der Waals surface area contributed by atoms with Crippen molar-refractivity contribution in [3.63, 3.8) is 0 Å². The Morgan fingerprint density at radius 2 is 2.03 bits per heavy atom. The third kappa shape index (κ3) is 4.71. The van der Waals surface area contributed by atoms with Crippen molar-refractivity contribution in [2.45, 2.75) is 76.7 Å². The van der Waals surface area contributed by atoms with Crippen LogP contribution in [0.3, 0.4) is 0 Å². The van der Waals surface area contributed by atoms with Crippen LogP contribution in [-0.4, -0.2) is 39.9 Å². The molecule has 1 unspecified atom stereocenters. The number of piperidine rings is 1. The Bertz CT molecular complexity index is 1100. The van der Waals surface area contributed by atoms with Gasteiger partial charge in [-0.1, -0.05) is 19.1 Å². The molecule has 2 N–H and O–H groups in total. The number of hydrogen-bond donors (Lipinski definition) is 2. The number of rotatable bonds is 6. The van der Waals surface area contributed by atoms with Gasteiger partial charge >= 0.3 is 0 Å². The van der Waals surface area contributed by atoms with E-state index in [1.54, 1.807) is 4.90 Å². The van der Waals surface area contributed by atoms with E-state index in [4.69, 9.17) is 4.74 Å². The molecule has 7 nitrogen and oxygen atoms in total. The number of ether oxygens (including phenoxy) is 1. The van der Waals surface area contributed by atoms with E-state index in [1.807, 2.05) is 37.4 Å². The Labute approximate surface area is 200 Å². The monoisotopic (exact) mass is 460 g/mol. The molecule has 1 saturated heterocycles. The third-order valence-corrected chi connectivity index (χ3v) is 7.14. The van der Waals surface area contributed by atoms with Crippen LogP contribution in [-0.2, 0) is 17.9 Å². The van der Waals surface area contributed by atoms with Gasteiger partial charge in [-0.05, 0) is 74.4 Å². The highest BCUT2D eigenvalue weighted by Gasteiger charge is 2.38. The first-order chi connectivity index (χ1) is 16.5. The molecule has 178 valence electrons. The Morgan fingerprint density at radius 3 is 2.82 bits per heavy atom. The van der Waals surface area contributed by atoms with Gasteiger partial charge in [0.1, 0.15) is 17.9 Å². The number of nitrogens with zero attached hydrogens (tertiary/aromatic N) is 2. The van der Waals surface area contributed by atoms with Crippen LogP contribution in [0, 0.1) is 6.92 Å². The molecule has 1 aliphatic carbocycles. The molecule has 5 rings (SSSR count). The van der Waals surface area contributed by atoms with Gasteiger partial charge in [-0.3, -0.25) is 14.6 Å². The maximum absolute atomic E-state index is 13.0. The number of amides is 2. The van der Waals surface area contributed by atoms with Crippen LogP contribution in [0.15, 0.2) is 48.8 Å². The first-order valence-electron chi connectivity index (χ1n) is 12.2. The zero-order valence-corrected chi connectivity index (χ0v) is 19.7. The number of aryl methyl sites for hydroxylation is 1. The van der Waals surface area contributed by atoms with E-state index in [-0.39, 0.29) is 24.0 Å². The predicted octanol–water partition coefficient (Wildman–Crippen LogP) is 3.62. The van der Waals surface area contributed by atoms with Gasteiger partial charge in [0.2, 0.25) is 5.91 Å². The van der Waals surface area contributed by atoms with Gasteiger partial charge in [-0.15, -0.1) is 0 Å². The minimum Gasteiger partial charge on any atom is -0.489 e. The topological polar surface area (TPSA) is 83.6 Å². The van der Waals surface area contributed by atoms with Crippen molar-refractivity contribution in [2.24, 2.45) is 0 Å². The van der Waals surface area contributed by atoms with Gasteiger partial charge in [0.15, 0.2) is 0 Å². The standard InChI is InChI=1S/C27H32N4O3/c1-17-7-9-19(14-28-17)15-29-23-5-3-4-6-25(23)34-21-10-11-22-20(13-21)16-31(27(22)33)24-12-8-18(2)30-26(24)32/h7,9-11,13-14,23-25,29H,2-6,8,12,15-16H2,1H3,(H,30,32)/t23-,24?,25+/m0/s1. The van der Waals surface area contributed by atoms with Crippen LogP contribution in [0.4, 0.5) is 0 Å². The van der Waals surface area contributed by atoms with Crippen LogP contribution >= 0.6 is 0 Å². The van der Waals surface area contributed by atoms with Gasteiger partial charge in [0.25, 0.3) is 5.91 Å². The summed E-state index contributed by atoms with van der Waals surface area (Å²) in [7, 11) is 0. The van der Waals surface area contributed by atoms with Crippen molar-refractivity contribution in [3.8, 4) is 5.75 Å². The Morgan fingerprint density at radius 1 is 1.18 bits per heavy atom. The second-order valence-electron chi connectivity index (χ2n) is 9.64. The fourth-order valence-corrected chi connectivity index (χ4v) is 5.20. The Hall–Kier alpha value is -3.19. The lowest BCUT2D eigenvalue weighted by atomic mass is 9.92. The number of allylic oxidation sites excluding steroid dienone is 1. The molecule has 34 heavy (non-hydrogen) atoms. The van der Waals surface area contributed by atoms with Gasteiger partial charge < -0.3 is 20.3 Å². The predicted molar refractivity (Wildman–Crippen MR) is 129 cm³/mol. The van der Waals surface area contributed by atoms with Gasteiger partial charge in [-0.25, -0.2) is 0 Å². The lowest BCUT2D eigenvalue weighted by Gasteiger charge is -2.33. The molecule has 2 fully saturated rings. The lowest BCUT2D eigenvalue weighted by molar-refractivity contribution is -0.126. The van der Waals surface area contributed by atoms with Crippen LogP contribution in [0.1, 0.15) is 65.7 Å². The molecular formula is C27H32N4O3. The zero-order valence-electron chi connectivity index (χ0n) is 19.7. The number of benzene rings is 1. The molecule has 0 bridgehead atoms. The van der Waals surface area contributed by atoms with Gasteiger partial charge in [-0.2, -0.15) is 0 Å². The summed E-state index contributed by atoms with van der Waals surface area (Å²) in [5.74, 6) is 0.553. The Balaban J connectivity index is 1.24. The summed E-state index contributed by atoms with van der Waals surface area (Å²) in [6.07, 6.45) is 7.71. The fourth-order valence-electron chi connectivity index (χ4n) is 5.20. The number of carbonyl (C=O) groups is 2. The summed E-state index contributed by atoms with van der Waals surface area (Å²) in [5.41, 5.74) is 4.49. The number of pyridine rings is 1. The molecule has 1 aromatic carbocycles. The van der Waals surface area contributed by atoms with E-state index in [2.05, 4.69) is 28.3 Å². The van der Waals surface area contributed by atoms with E-state index in [0.29, 0.717) is 24.9 Å². The second-order valence-corrected chi connectivity index (χ2v) is 9.64. The van der Waals surface area contributed by atoms with Crippen molar-refractivity contribution < 1.29 is 14.3 Å². The average molecular weight is 461 g/mol. The van der Waals surface area contributed by atoms with Crippen LogP contribution in [0.25, 0.3) is 0 Å². The smallest absolute Gasteiger partial charge is 0.255 e. The van der Waals surface area contributed by atoms with E-state index < -0.39 is 6.04 Å². The minimum absolute atomic E-state index is 0.0774. The summed E-state index contributed by atoms with van der Waals surface area (Å²) in [6, 6.07) is 9.67. The van der Waals surface area contributed by atoms with Crippen molar-refractivity contribution in [3.05, 3.63) is 71.2 Å². The molecule has 0 radical (unpaired) electrons. The van der Waals surface area contributed by atoms with E-state index in [9.17, 15) is 9.59 Å². The highest BCUT2D eigenvalue weighted by atomic mass is 16.5.